The van der Waals surface area contributed by atoms with Gasteiger partial charge in [-0.05, 0) is 26.0 Å². The minimum absolute atomic E-state index is 0.0774. The van der Waals surface area contributed by atoms with Crippen molar-refractivity contribution >= 4 is 16.8 Å². The fourth-order valence-electron chi connectivity index (χ4n) is 2.03. The summed E-state index contributed by atoms with van der Waals surface area (Å²) in [6.45, 7) is 5.44. The van der Waals surface area contributed by atoms with Crippen LogP contribution in [0.5, 0.6) is 0 Å². The Kier molecular flexibility index (Phi) is 3.13. The number of amides is 1. The number of benzene rings is 1. The van der Waals surface area contributed by atoms with E-state index in [9.17, 15) is 4.79 Å². The summed E-state index contributed by atoms with van der Waals surface area (Å²) in [4.78, 5) is 14.1. The fourth-order valence-corrected chi connectivity index (χ4v) is 2.03. The van der Waals surface area contributed by atoms with E-state index < -0.39 is 0 Å². The van der Waals surface area contributed by atoms with E-state index in [1.165, 1.54) is 0 Å². The van der Waals surface area contributed by atoms with Crippen molar-refractivity contribution in [3.05, 3.63) is 30.0 Å². The third-order valence-corrected chi connectivity index (χ3v) is 2.95. The molecule has 4 nitrogen and oxygen atoms in total. The number of nitrogens with zero attached hydrogens (tertiary/aromatic N) is 3. The van der Waals surface area contributed by atoms with E-state index in [0.717, 1.165) is 29.6 Å². The highest BCUT2D eigenvalue weighted by molar-refractivity contribution is 6.06. The zero-order chi connectivity index (χ0) is 12.4. The van der Waals surface area contributed by atoms with Crippen LogP contribution in [-0.2, 0) is 7.05 Å². The van der Waals surface area contributed by atoms with Gasteiger partial charge in [0.2, 0.25) is 0 Å². The average Bonchev–Trinajstić information content (AvgIpc) is 2.70. The van der Waals surface area contributed by atoms with E-state index in [1.807, 2.05) is 50.2 Å². The van der Waals surface area contributed by atoms with E-state index >= 15 is 0 Å². The van der Waals surface area contributed by atoms with Crippen LogP contribution in [-0.4, -0.2) is 33.7 Å². The molecule has 0 fully saturated rings. The summed E-state index contributed by atoms with van der Waals surface area (Å²) >= 11 is 0. The molecule has 90 valence electrons. The molecule has 1 amide bonds. The Hall–Kier alpha value is -1.84. The molecule has 4 heteroatoms. The van der Waals surface area contributed by atoms with Gasteiger partial charge in [0.15, 0.2) is 0 Å². The van der Waals surface area contributed by atoms with Gasteiger partial charge in [-0.1, -0.05) is 6.07 Å². The molecule has 2 rings (SSSR count). The van der Waals surface area contributed by atoms with Gasteiger partial charge in [-0.2, -0.15) is 5.10 Å². The highest BCUT2D eigenvalue weighted by atomic mass is 16.2. The molecule has 1 heterocycles. The lowest BCUT2D eigenvalue weighted by Crippen LogP contribution is -2.30. The Morgan fingerprint density at radius 1 is 1.35 bits per heavy atom. The molecule has 2 aromatic rings. The van der Waals surface area contributed by atoms with Crippen molar-refractivity contribution < 1.29 is 4.79 Å². The van der Waals surface area contributed by atoms with E-state index in [-0.39, 0.29) is 5.91 Å². The van der Waals surface area contributed by atoms with Crippen molar-refractivity contribution in [2.24, 2.45) is 7.05 Å². The standard InChI is InChI=1S/C13H17N3O/c1-4-16(5-2)13(17)10-7-6-8-12-11(10)9-15(3)14-12/h6-9H,4-5H2,1-3H3. The molecule has 1 aromatic carbocycles. The molecule has 0 atom stereocenters. The number of fused-ring (bicyclic) bond motifs is 1. The number of hydrogen-bond acceptors (Lipinski definition) is 2. The Labute approximate surface area is 101 Å². The SMILES string of the molecule is CCN(CC)C(=O)c1cccc2nn(C)cc12. The Morgan fingerprint density at radius 2 is 2.06 bits per heavy atom. The van der Waals surface area contributed by atoms with Crippen molar-refractivity contribution in [1.29, 1.82) is 0 Å². The van der Waals surface area contributed by atoms with Crippen LogP contribution in [0.4, 0.5) is 0 Å². The first kappa shape index (κ1) is 11.6. The molecule has 0 aliphatic carbocycles. The minimum atomic E-state index is 0.0774. The minimum Gasteiger partial charge on any atom is -0.339 e. The van der Waals surface area contributed by atoms with Gasteiger partial charge in [-0.3, -0.25) is 9.48 Å². The molecule has 0 radical (unpaired) electrons. The van der Waals surface area contributed by atoms with Crippen molar-refractivity contribution in [2.75, 3.05) is 13.1 Å². The first-order valence-electron chi connectivity index (χ1n) is 5.89. The third kappa shape index (κ3) is 2.02. The van der Waals surface area contributed by atoms with Crippen LogP contribution in [0.1, 0.15) is 24.2 Å². The molecule has 0 spiro atoms. The second-order valence-corrected chi connectivity index (χ2v) is 4.02. The molecular weight excluding hydrogens is 214 g/mol. The van der Waals surface area contributed by atoms with Gasteiger partial charge in [-0.25, -0.2) is 0 Å². The van der Waals surface area contributed by atoms with Crippen LogP contribution in [0, 0.1) is 0 Å². The van der Waals surface area contributed by atoms with Crippen LogP contribution in [0.15, 0.2) is 24.4 Å². The predicted molar refractivity (Wildman–Crippen MR) is 68.0 cm³/mol. The number of rotatable bonds is 3. The molecular formula is C13H17N3O. The first-order chi connectivity index (χ1) is 8.17. The largest absolute Gasteiger partial charge is 0.339 e. The van der Waals surface area contributed by atoms with Gasteiger partial charge in [0.25, 0.3) is 5.91 Å². The molecule has 17 heavy (non-hydrogen) atoms. The summed E-state index contributed by atoms with van der Waals surface area (Å²) in [5.41, 5.74) is 1.60. The second-order valence-electron chi connectivity index (χ2n) is 4.02. The second kappa shape index (κ2) is 4.57. The maximum atomic E-state index is 12.3. The quantitative estimate of drug-likeness (QED) is 0.811. The summed E-state index contributed by atoms with van der Waals surface area (Å²) in [6.07, 6.45) is 1.89. The van der Waals surface area contributed by atoms with E-state index in [4.69, 9.17) is 0 Å². The molecule has 0 bridgehead atoms. The maximum absolute atomic E-state index is 12.3. The van der Waals surface area contributed by atoms with E-state index in [1.54, 1.807) is 4.68 Å². The van der Waals surface area contributed by atoms with Crippen molar-refractivity contribution in [3.63, 3.8) is 0 Å². The Morgan fingerprint density at radius 3 is 2.71 bits per heavy atom. The number of carbonyl (C=O) groups excluding carboxylic acids is 1. The lowest BCUT2D eigenvalue weighted by Gasteiger charge is -2.18. The van der Waals surface area contributed by atoms with Gasteiger partial charge < -0.3 is 4.90 Å². The molecule has 0 aliphatic heterocycles. The zero-order valence-corrected chi connectivity index (χ0v) is 10.5. The average molecular weight is 231 g/mol. The molecule has 0 unspecified atom stereocenters. The summed E-state index contributed by atoms with van der Waals surface area (Å²) in [5, 5.41) is 5.24. The summed E-state index contributed by atoms with van der Waals surface area (Å²) < 4.78 is 1.74. The molecule has 1 aromatic heterocycles. The van der Waals surface area contributed by atoms with Crippen molar-refractivity contribution in [1.82, 2.24) is 14.7 Å². The van der Waals surface area contributed by atoms with Crippen LogP contribution in [0.25, 0.3) is 10.9 Å². The topological polar surface area (TPSA) is 38.1 Å². The summed E-state index contributed by atoms with van der Waals surface area (Å²) in [5.74, 6) is 0.0774. The van der Waals surface area contributed by atoms with Gasteiger partial charge in [-0.15, -0.1) is 0 Å². The van der Waals surface area contributed by atoms with Crippen LogP contribution >= 0.6 is 0 Å². The van der Waals surface area contributed by atoms with Crippen LogP contribution < -0.4 is 0 Å². The number of aryl methyl sites for hydroxylation is 1. The first-order valence-corrected chi connectivity index (χ1v) is 5.89. The summed E-state index contributed by atoms with van der Waals surface area (Å²) in [6, 6.07) is 5.67. The monoisotopic (exact) mass is 231 g/mol. The molecule has 0 N–H and O–H groups in total. The number of carbonyl (C=O) groups is 1. The lowest BCUT2D eigenvalue weighted by molar-refractivity contribution is 0.0775. The van der Waals surface area contributed by atoms with Crippen LogP contribution in [0.2, 0.25) is 0 Å². The third-order valence-electron chi connectivity index (χ3n) is 2.95. The molecule has 0 saturated carbocycles. The smallest absolute Gasteiger partial charge is 0.254 e. The van der Waals surface area contributed by atoms with Gasteiger partial charge in [0.1, 0.15) is 0 Å². The zero-order valence-electron chi connectivity index (χ0n) is 10.5. The Balaban J connectivity index is 2.51. The number of hydrogen-bond donors (Lipinski definition) is 0. The van der Waals surface area contributed by atoms with Gasteiger partial charge in [0, 0.05) is 31.7 Å². The van der Waals surface area contributed by atoms with Gasteiger partial charge in [0.05, 0.1) is 11.1 Å². The van der Waals surface area contributed by atoms with E-state index in [2.05, 4.69) is 5.10 Å². The lowest BCUT2D eigenvalue weighted by atomic mass is 10.1. The highest BCUT2D eigenvalue weighted by Crippen LogP contribution is 2.18. The van der Waals surface area contributed by atoms with E-state index in [0.29, 0.717) is 0 Å². The molecule has 0 saturated heterocycles. The molecule has 0 aliphatic rings. The van der Waals surface area contributed by atoms with Crippen LogP contribution in [0.3, 0.4) is 0 Å². The van der Waals surface area contributed by atoms with Crippen molar-refractivity contribution in [3.8, 4) is 0 Å². The highest BCUT2D eigenvalue weighted by Gasteiger charge is 2.16. The Bertz CT molecular complexity index is 541. The van der Waals surface area contributed by atoms with Crippen molar-refractivity contribution in [2.45, 2.75) is 13.8 Å². The van der Waals surface area contributed by atoms with Gasteiger partial charge >= 0.3 is 0 Å². The normalized spacial score (nSPS) is 10.8. The number of aromatic nitrogens is 2. The fraction of sp³-hybridized carbons (Fsp3) is 0.385. The maximum Gasteiger partial charge on any atom is 0.254 e. The predicted octanol–water partition coefficient (Wildman–Crippen LogP) is 2.06. The summed E-state index contributed by atoms with van der Waals surface area (Å²) in [7, 11) is 1.87.